The Balaban J connectivity index is 2.27. The molecular weight excluding hydrogens is 304 g/mol. The monoisotopic (exact) mass is 324 g/mol. The summed E-state index contributed by atoms with van der Waals surface area (Å²) < 4.78 is 10.1. The van der Waals surface area contributed by atoms with Gasteiger partial charge in [0, 0.05) is 25.1 Å². The van der Waals surface area contributed by atoms with Crippen LogP contribution >= 0.6 is 0 Å². The maximum absolute atomic E-state index is 11.6. The first-order valence-corrected chi connectivity index (χ1v) is 7.09. The second-order valence-electron chi connectivity index (χ2n) is 5.76. The Kier molecular flexibility index (Phi) is 6.49. The highest BCUT2D eigenvalue weighted by Gasteiger charge is 2.15. The number of hydrogen-bond acceptors (Lipinski definition) is 6. The van der Waals surface area contributed by atoms with Crippen molar-refractivity contribution in [2.45, 2.75) is 39.2 Å². The number of carbonyl (C=O) groups is 2. The summed E-state index contributed by atoms with van der Waals surface area (Å²) in [5.41, 5.74) is -0.648. The van der Waals surface area contributed by atoms with Gasteiger partial charge in [-0.1, -0.05) is 0 Å². The van der Waals surface area contributed by atoms with E-state index < -0.39 is 22.6 Å². The first kappa shape index (κ1) is 18.4. The lowest BCUT2D eigenvalue weighted by Crippen LogP contribution is -2.33. The zero-order valence-electron chi connectivity index (χ0n) is 13.3. The Labute approximate surface area is 133 Å². The SMILES string of the molecule is CC(C)(C)OC(=O)NCCCC(=O)Oc1ccc([N+](=O)[O-])cc1. The molecule has 1 N–H and O–H groups in total. The number of hydrogen-bond donors (Lipinski definition) is 1. The van der Waals surface area contributed by atoms with E-state index in [9.17, 15) is 19.7 Å². The topological polar surface area (TPSA) is 108 Å². The van der Waals surface area contributed by atoms with E-state index in [1.807, 2.05) is 0 Å². The summed E-state index contributed by atoms with van der Waals surface area (Å²) in [6.45, 7) is 5.56. The van der Waals surface area contributed by atoms with Gasteiger partial charge in [-0.25, -0.2) is 4.79 Å². The molecule has 0 aliphatic heterocycles. The van der Waals surface area contributed by atoms with E-state index in [0.717, 1.165) is 0 Å². The number of amides is 1. The molecule has 0 saturated carbocycles. The molecular formula is C15H20N2O6. The van der Waals surface area contributed by atoms with Crippen LogP contribution in [0.25, 0.3) is 0 Å². The molecule has 8 heteroatoms. The van der Waals surface area contributed by atoms with Gasteiger partial charge in [-0.3, -0.25) is 14.9 Å². The molecule has 0 spiro atoms. The Morgan fingerprint density at radius 2 is 1.83 bits per heavy atom. The fraction of sp³-hybridized carbons (Fsp3) is 0.467. The second-order valence-corrected chi connectivity index (χ2v) is 5.76. The van der Waals surface area contributed by atoms with E-state index in [1.165, 1.54) is 24.3 Å². The second kappa shape index (κ2) is 8.11. The predicted molar refractivity (Wildman–Crippen MR) is 82.2 cm³/mol. The maximum atomic E-state index is 11.6. The number of carbonyl (C=O) groups excluding carboxylic acids is 2. The number of nitrogens with one attached hydrogen (secondary N) is 1. The molecule has 0 heterocycles. The third kappa shape index (κ3) is 7.79. The van der Waals surface area contributed by atoms with Crippen molar-refractivity contribution in [2.75, 3.05) is 6.54 Å². The van der Waals surface area contributed by atoms with Crippen LogP contribution in [-0.4, -0.2) is 29.1 Å². The molecule has 1 rings (SSSR count). The molecule has 1 aromatic carbocycles. The van der Waals surface area contributed by atoms with E-state index >= 15 is 0 Å². The van der Waals surface area contributed by atoms with Crippen LogP contribution in [-0.2, 0) is 9.53 Å². The van der Waals surface area contributed by atoms with Crippen molar-refractivity contribution in [1.82, 2.24) is 5.32 Å². The molecule has 1 amide bonds. The lowest BCUT2D eigenvalue weighted by Gasteiger charge is -2.19. The summed E-state index contributed by atoms with van der Waals surface area (Å²) in [4.78, 5) is 33.0. The van der Waals surface area contributed by atoms with Crippen molar-refractivity contribution < 1.29 is 24.0 Å². The van der Waals surface area contributed by atoms with E-state index in [-0.39, 0.29) is 24.4 Å². The quantitative estimate of drug-likeness (QED) is 0.283. The van der Waals surface area contributed by atoms with E-state index in [2.05, 4.69) is 5.32 Å². The Hall–Kier alpha value is -2.64. The van der Waals surface area contributed by atoms with Crippen molar-refractivity contribution in [3.63, 3.8) is 0 Å². The van der Waals surface area contributed by atoms with Gasteiger partial charge in [0.1, 0.15) is 11.4 Å². The Bertz CT molecular complexity index is 562. The Morgan fingerprint density at radius 1 is 1.22 bits per heavy atom. The van der Waals surface area contributed by atoms with E-state index in [1.54, 1.807) is 20.8 Å². The minimum atomic E-state index is -0.571. The van der Waals surface area contributed by atoms with Gasteiger partial charge >= 0.3 is 12.1 Å². The molecule has 126 valence electrons. The lowest BCUT2D eigenvalue weighted by molar-refractivity contribution is -0.384. The third-order valence-corrected chi connectivity index (χ3v) is 2.51. The highest BCUT2D eigenvalue weighted by molar-refractivity contribution is 5.72. The molecule has 0 bridgehead atoms. The number of ether oxygens (including phenoxy) is 2. The van der Waals surface area contributed by atoms with Crippen LogP contribution in [0, 0.1) is 10.1 Å². The number of alkyl carbamates (subject to hydrolysis) is 1. The molecule has 0 aliphatic carbocycles. The van der Waals surface area contributed by atoms with Crippen LogP contribution in [0.15, 0.2) is 24.3 Å². The molecule has 0 unspecified atom stereocenters. The molecule has 23 heavy (non-hydrogen) atoms. The molecule has 0 saturated heterocycles. The number of benzene rings is 1. The summed E-state index contributed by atoms with van der Waals surface area (Å²) in [6.07, 6.45) is -0.0427. The standard InChI is InChI=1S/C15H20N2O6/c1-15(2,3)23-14(19)16-10-4-5-13(18)22-12-8-6-11(7-9-12)17(20)21/h6-9H,4-5,10H2,1-3H3,(H,16,19). The van der Waals surface area contributed by atoms with E-state index in [4.69, 9.17) is 9.47 Å². The van der Waals surface area contributed by atoms with Crippen molar-refractivity contribution in [2.24, 2.45) is 0 Å². The molecule has 0 fully saturated rings. The van der Waals surface area contributed by atoms with Crippen molar-refractivity contribution in [3.8, 4) is 5.75 Å². The van der Waals surface area contributed by atoms with Gasteiger partial charge in [0.25, 0.3) is 5.69 Å². The number of nitro benzene ring substituents is 1. The molecule has 0 aliphatic rings. The predicted octanol–water partition coefficient (Wildman–Crippen LogP) is 2.81. The summed E-state index contributed by atoms with van der Waals surface area (Å²) >= 11 is 0. The fourth-order valence-corrected chi connectivity index (χ4v) is 1.56. The van der Waals surface area contributed by atoms with Gasteiger partial charge in [-0.15, -0.1) is 0 Å². The number of non-ortho nitro benzene ring substituents is 1. The summed E-state index contributed by atoms with van der Waals surface area (Å²) in [6, 6.07) is 5.23. The van der Waals surface area contributed by atoms with Crippen LogP contribution in [0.4, 0.5) is 10.5 Å². The smallest absolute Gasteiger partial charge is 0.407 e. The molecule has 0 radical (unpaired) electrons. The number of nitrogens with zero attached hydrogens (tertiary/aromatic N) is 1. The van der Waals surface area contributed by atoms with Crippen molar-refractivity contribution >= 4 is 17.7 Å². The first-order chi connectivity index (χ1) is 10.7. The van der Waals surface area contributed by atoms with Crippen LogP contribution in [0.2, 0.25) is 0 Å². The Morgan fingerprint density at radius 3 is 2.35 bits per heavy atom. The highest BCUT2D eigenvalue weighted by atomic mass is 16.6. The molecule has 8 nitrogen and oxygen atoms in total. The normalized spacial score (nSPS) is 10.7. The number of nitro groups is 1. The van der Waals surface area contributed by atoms with Gasteiger partial charge in [0.05, 0.1) is 4.92 Å². The molecule has 1 aromatic rings. The summed E-state index contributed by atoms with van der Waals surface area (Å²) in [7, 11) is 0. The highest BCUT2D eigenvalue weighted by Crippen LogP contribution is 2.17. The van der Waals surface area contributed by atoms with Gasteiger partial charge in [-0.05, 0) is 39.3 Å². The van der Waals surface area contributed by atoms with Crippen molar-refractivity contribution in [3.05, 3.63) is 34.4 Å². The summed E-state index contributed by atoms with van der Waals surface area (Å²) in [5, 5.41) is 13.0. The number of esters is 1. The largest absolute Gasteiger partial charge is 0.444 e. The maximum Gasteiger partial charge on any atom is 0.407 e. The summed E-state index contributed by atoms with van der Waals surface area (Å²) in [5.74, 6) is -0.245. The van der Waals surface area contributed by atoms with Gasteiger partial charge in [0.2, 0.25) is 0 Å². The fourth-order valence-electron chi connectivity index (χ4n) is 1.56. The molecule has 0 atom stereocenters. The number of rotatable bonds is 6. The lowest BCUT2D eigenvalue weighted by atomic mass is 10.2. The third-order valence-electron chi connectivity index (χ3n) is 2.51. The van der Waals surface area contributed by atoms with E-state index in [0.29, 0.717) is 6.42 Å². The average Bonchev–Trinajstić information content (AvgIpc) is 2.42. The first-order valence-electron chi connectivity index (χ1n) is 7.09. The van der Waals surface area contributed by atoms with Gasteiger partial charge in [0.15, 0.2) is 0 Å². The average molecular weight is 324 g/mol. The van der Waals surface area contributed by atoms with Gasteiger partial charge in [-0.2, -0.15) is 0 Å². The molecule has 0 aromatic heterocycles. The zero-order chi connectivity index (χ0) is 17.5. The van der Waals surface area contributed by atoms with Crippen molar-refractivity contribution in [1.29, 1.82) is 0 Å². The van der Waals surface area contributed by atoms with Gasteiger partial charge < -0.3 is 14.8 Å². The zero-order valence-corrected chi connectivity index (χ0v) is 13.3. The van der Waals surface area contributed by atoms with Crippen LogP contribution in [0.3, 0.4) is 0 Å². The van der Waals surface area contributed by atoms with Crippen LogP contribution < -0.4 is 10.1 Å². The minimum absolute atomic E-state index is 0.0774. The van der Waals surface area contributed by atoms with Crippen LogP contribution in [0.1, 0.15) is 33.6 Å². The minimum Gasteiger partial charge on any atom is -0.444 e. The van der Waals surface area contributed by atoms with Crippen LogP contribution in [0.5, 0.6) is 5.75 Å².